The fourth-order valence-electron chi connectivity index (χ4n) is 2.11. The number of nitrogens with zero attached hydrogens (tertiary/aromatic N) is 1. The first-order chi connectivity index (χ1) is 8.69. The summed E-state index contributed by atoms with van der Waals surface area (Å²) in [4.78, 5) is 13.5. The Labute approximate surface area is 107 Å². The van der Waals surface area contributed by atoms with Crippen molar-refractivity contribution < 1.29 is 9.53 Å². The second kappa shape index (κ2) is 5.73. The van der Waals surface area contributed by atoms with Crippen LogP contribution in [0.5, 0.6) is 5.75 Å². The van der Waals surface area contributed by atoms with Gasteiger partial charge in [0.15, 0.2) is 0 Å². The molecule has 0 atom stereocenters. The van der Waals surface area contributed by atoms with E-state index in [0.29, 0.717) is 24.4 Å². The molecule has 1 saturated heterocycles. The molecule has 3 N–H and O–H groups in total. The predicted octanol–water partition coefficient (Wildman–Crippen LogP) is 0.599. The molecule has 0 saturated carbocycles. The molecule has 2 rings (SSSR count). The van der Waals surface area contributed by atoms with E-state index in [1.165, 1.54) is 0 Å². The summed E-state index contributed by atoms with van der Waals surface area (Å²) in [7, 11) is 1.61. The maximum Gasteiger partial charge on any atom is 0.221 e. The average molecular weight is 249 g/mol. The van der Waals surface area contributed by atoms with Crippen molar-refractivity contribution in [2.45, 2.75) is 13.0 Å². The highest BCUT2D eigenvalue weighted by Crippen LogP contribution is 2.22. The topological polar surface area (TPSA) is 67.6 Å². The van der Waals surface area contributed by atoms with Gasteiger partial charge in [-0.25, -0.2) is 0 Å². The Kier molecular flexibility index (Phi) is 4.04. The Morgan fingerprint density at radius 3 is 3.00 bits per heavy atom. The van der Waals surface area contributed by atoms with Gasteiger partial charge in [-0.05, 0) is 17.7 Å². The van der Waals surface area contributed by atoms with Gasteiger partial charge in [0.1, 0.15) is 5.75 Å². The van der Waals surface area contributed by atoms with Crippen LogP contribution in [0.3, 0.4) is 0 Å². The van der Waals surface area contributed by atoms with Crippen LogP contribution < -0.4 is 15.8 Å². The number of nitrogens with one attached hydrogen (secondary N) is 1. The number of benzene rings is 1. The summed E-state index contributed by atoms with van der Waals surface area (Å²) in [6.45, 7) is 3.18. The molecule has 0 spiro atoms. The van der Waals surface area contributed by atoms with Crippen LogP contribution in [-0.4, -0.2) is 37.6 Å². The highest BCUT2D eigenvalue weighted by atomic mass is 16.5. The average Bonchev–Trinajstić information content (AvgIpc) is 2.55. The third-order valence-corrected chi connectivity index (χ3v) is 3.11. The molecule has 1 aromatic carbocycles. The van der Waals surface area contributed by atoms with E-state index in [4.69, 9.17) is 10.5 Å². The number of carbonyl (C=O) groups excluding carboxylic acids is 1. The summed E-state index contributed by atoms with van der Waals surface area (Å²) in [6, 6.07) is 5.82. The Morgan fingerprint density at radius 1 is 1.44 bits per heavy atom. The van der Waals surface area contributed by atoms with Gasteiger partial charge in [-0.2, -0.15) is 0 Å². The summed E-state index contributed by atoms with van der Waals surface area (Å²) < 4.78 is 5.13. The van der Waals surface area contributed by atoms with Crippen LogP contribution in [0.1, 0.15) is 12.0 Å². The molecule has 1 aromatic rings. The highest BCUT2D eigenvalue weighted by Gasteiger charge is 2.13. The number of nitrogen functional groups attached to an aromatic ring is 1. The zero-order valence-electron chi connectivity index (χ0n) is 10.6. The molecular weight excluding hydrogens is 230 g/mol. The molecule has 1 fully saturated rings. The van der Waals surface area contributed by atoms with E-state index < -0.39 is 0 Å². The van der Waals surface area contributed by atoms with Crippen LogP contribution in [-0.2, 0) is 11.3 Å². The van der Waals surface area contributed by atoms with E-state index >= 15 is 0 Å². The van der Waals surface area contributed by atoms with Gasteiger partial charge in [-0.3, -0.25) is 9.69 Å². The van der Waals surface area contributed by atoms with Crippen molar-refractivity contribution in [1.29, 1.82) is 0 Å². The van der Waals surface area contributed by atoms with Crippen molar-refractivity contribution in [3.05, 3.63) is 23.8 Å². The van der Waals surface area contributed by atoms with Gasteiger partial charge in [0, 0.05) is 32.6 Å². The summed E-state index contributed by atoms with van der Waals surface area (Å²) in [6.07, 6.45) is 0.561. The normalized spacial score (nSPS) is 17.1. The fourth-order valence-corrected chi connectivity index (χ4v) is 2.11. The largest absolute Gasteiger partial charge is 0.495 e. The van der Waals surface area contributed by atoms with Crippen molar-refractivity contribution >= 4 is 11.6 Å². The third kappa shape index (κ3) is 3.13. The van der Waals surface area contributed by atoms with E-state index in [0.717, 1.165) is 25.2 Å². The molecule has 1 aliphatic heterocycles. The summed E-state index contributed by atoms with van der Waals surface area (Å²) >= 11 is 0. The van der Waals surface area contributed by atoms with E-state index in [1.54, 1.807) is 7.11 Å². The monoisotopic (exact) mass is 249 g/mol. The highest BCUT2D eigenvalue weighted by molar-refractivity contribution is 5.76. The Morgan fingerprint density at radius 2 is 2.28 bits per heavy atom. The van der Waals surface area contributed by atoms with Crippen LogP contribution in [0, 0.1) is 0 Å². The maximum absolute atomic E-state index is 11.2. The molecule has 98 valence electrons. The second-order valence-corrected chi connectivity index (χ2v) is 4.45. The summed E-state index contributed by atoms with van der Waals surface area (Å²) in [5.41, 5.74) is 7.67. The smallest absolute Gasteiger partial charge is 0.221 e. The number of nitrogens with two attached hydrogens (primary N) is 1. The number of amides is 1. The number of anilines is 1. The molecule has 5 nitrogen and oxygen atoms in total. The lowest BCUT2D eigenvalue weighted by Gasteiger charge is -2.19. The number of hydrogen-bond acceptors (Lipinski definition) is 4. The first-order valence-corrected chi connectivity index (χ1v) is 6.10. The van der Waals surface area contributed by atoms with Crippen LogP contribution in [0.2, 0.25) is 0 Å². The molecule has 1 aliphatic rings. The maximum atomic E-state index is 11.2. The molecule has 0 bridgehead atoms. The van der Waals surface area contributed by atoms with E-state index in [1.807, 2.05) is 18.2 Å². The van der Waals surface area contributed by atoms with Gasteiger partial charge >= 0.3 is 0 Å². The predicted molar refractivity (Wildman–Crippen MR) is 70.3 cm³/mol. The third-order valence-electron chi connectivity index (χ3n) is 3.11. The first-order valence-electron chi connectivity index (χ1n) is 6.10. The summed E-state index contributed by atoms with van der Waals surface area (Å²) in [5.74, 6) is 0.832. The van der Waals surface area contributed by atoms with Gasteiger partial charge in [0.05, 0.1) is 12.8 Å². The van der Waals surface area contributed by atoms with Crippen LogP contribution in [0.15, 0.2) is 18.2 Å². The Bertz CT molecular complexity index is 434. The molecule has 0 radical (unpaired) electrons. The molecule has 0 aromatic heterocycles. The fraction of sp³-hybridized carbons (Fsp3) is 0.462. The number of methoxy groups -OCH3 is 1. The van der Waals surface area contributed by atoms with Gasteiger partial charge in [-0.1, -0.05) is 6.07 Å². The van der Waals surface area contributed by atoms with Gasteiger partial charge in [0.25, 0.3) is 0 Å². The molecule has 1 heterocycles. The van der Waals surface area contributed by atoms with Crippen molar-refractivity contribution in [2.24, 2.45) is 0 Å². The zero-order chi connectivity index (χ0) is 13.0. The molecule has 5 heteroatoms. The van der Waals surface area contributed by atoms with Crippen LogP contribution in [0.4, 0.5) is 5.69 Å². The van der Waals surface area contributed by atoms with Crippen molar-refractivity contribution in [3.8, 4) is 5.75 Å². The van der Waals surface area contributed by atoms with E-state index in [9.17, 15) is 4.79 Å². The minimum atomic E-state index is 0.131. The van der Waals surface area contributed by atoms with Crippen molar-refractivity contribution in [1.82, 2.24) is 10.2 Å². The Hall–Kier alpha value is -1.75. The van der Waals surface area contributed by atoms with Gasteiger partial charge in [0.2, 0.25) is 5.91 Å². The lowest BCUT2D eigenvalue weighted by molar-refractivity contribution is -0.120. The lowest BCUT2D eigenvalue weighted by atomic mass is 10.1. The molecular formula is C13H19N3O2. The molecule has 1 amide bonds. The number of carbonyl (C=O) groups is 1. The van der Waals surface area contributed by atoms with Crippen molar-refractivity contribution in [3.63, 3.8) is 0 Å². The summed E-state index contributed by atoms with van der Waals surface area (Å²) in [5, 5.41) is 2.86. The van der Waals surface area contributed by atoms with Gasteiger partial charge < -0.3 is 15.8 Å². The minimum Gasteiger partial charge on any atom is -0.495 e. The standard InChI is InChI=1S/C13H19N3O2/c1-18-12-3-2-10(8-11(12)14)9-16-6-4-13(17)15-5-7-16/h2-3,8H,4-7,9,14H2,1H3,(H,15,17). The zero-order valence-corrected chi connectivity index (χ0v) is 10.6. The number of hydrogen-bond donors (Lipinski definition) is 2. The lowest BCUT2D eigenvalue weighted by Crippen LogP contribution is -2.28. The van der Waals surface area contributed by atoms with E-state index in [2.05, 4.69) is 10.2 Å². The Balaban J connectivity index is 2.00. The number of rotatable bonds is 3. The minimum absolute atomic E-state index is 0.131. The number of ether oxygens (including phenoxy) is 1. The van der Waals surface area contributed by atoms with Crippen molar-refractivity contribution in [2.75, 3.05) is 32.5 Å². The quantitative estimate of drug-likeness (QED) is 0.770. The molecule has 0 unspecified atom stereocenters. The first kappa shape index (κ1) is 12.7. The second-order valence-electron chi connectivity index (χ2n) is 4.45. The van der Waals surface area contributed by atoms with Crippen LogP contribution >= 0.6 is 0 Å². The SMILES string of the molecule is COc1ccc(CN2CCNC(=O)CC2)cc1N. The van der Waals surface area contributed by atoms with Gasteiger partial charge in [-0.15, -0.1) is 0 Å². The van der Waals surface area contributed by atoms with Crippen LogP contribution in [0.25, 0.3) is 0 Å². The molecule has 18 heavy (non-hydrogen) atoms. The van der Waals surface area contributed by atoms with E-state index in [-0.39, 0.29) is 5.91 Å². The molecule has 0 aliphatic carbocycles.